The van der Waals surface area contributed by atoms with E-state index in [-0.39, 0.29) is 0 Å². The van der Waals surface area contributed by atoms with Crippen LogP contribution in [-0.2, 0) is 6.54 Å². The Balaban J connectivity index is 1.86. The summed E-state index contributed by atoms with van der Waals surface area (Å²) in [5.41, 5.74) is 1.41. The number of rotatable bonds is 6. The predicted molar refractivity (Wildman–Crippen MR) is 93.5 cm³/mol. The molecule has 0 aliphatic carbocycles. The first-order valence-electron chi connectivity index (χ1n) is 7.49. The normalized spacial score (nSPS) is 11.7. The second-order valence-corrected chi connectivity index (χ2v) is 6.25. The van der Waals surface area contributed by atoms with E-state index < -0.39 is 6.10 Å². The summed E-state index contributed by atoms with van der Waals surface area (Å²) in [5.74, 6) is 0.626. The SMILES string of the molecule is N#Cc1cc(N(Cc2ccccc2)C[C@H](O)c2cccs2)ncn1. The molecule has 0 aliphatic heterocycles. The maximum absolute atomic E-state index is 10.5. The first kappa shape index (κ1) is 16.1. The largest absolute Gasteiger partial charge is 0.386 e. The van der Waals surface area contributed by atoms with Gasteiger partial charge in [0.1, 0.15) is 30.0 Å². The molecule has 6 heteroatoms. The van der Waals surface area contributed by atoms with E-state index in [0.717, 1.165) is 10.4 Å². The van der Waals surface area contributed by atoms with Crippen LogP contribution in [0.4, 0.5) is 5.82 Å². The smallest absolute Gasteiger partial charge is 0.145 e. The van der Waals surface area contributed by atoms with Gasteiger partial charge in [-0.1, -0.05) is 36.4 Å². The van der Waals surface area contributed by atoms with Gasteiger partial charge in [-0.3, -0.25) is 0 Å². The fourth-order valence-corrected chi connectivity index (χ4v) is 3.11. The first-order valence-corrected chi connectivity index (χ1v) is 8.36. The van der Waals surface area contributed by atoms with Crippen molar-refractivity contribution >= 4 is 17.2 Å². The van der Waals surface area contributed by atoms with Crippen molar-refractivity contribution in [1.29, 1.82) is 5.26 Å². The zero-order valence-electron chi connectivity index (χ0n) is 12.9. The van der Waals surface area contributed by atoms with Crippen LogP contribution in [0, 0.1) is 11.3 Å². The third kappa shape index (κ3) is 3.96. The summed E-state index contributed by atoms with van der Waals surface area (Å²) >= 11 is 1.52. The van der Waals surface area contributed by atoms with Crippen LogP contribution in [0.15, 0.2) is 60.2 Å². The lowest BCUT2D eigenvalue weighted by Gasteiger charge is -2.26. The van der Waals surface area contributed by atoms with Gasteiger partial charge in [0.15, 0.2) is 0 Å². The van der Waals surface area contributed by atoms with E-state index in [1.54, 1.807) is 6.07 Å². The van der Waals surface area contributed by atoms with E-state index in [1.165, 1.54) is 17.7 Å². The summed E-state index contributed by atoms with van der Waals surface area (Å²) in [6, 6.07) is 17.5. The van der Waals surface area contributed by atoms with Crippen LogP contribution in [0.1, 0.15) is 22.2 Å². The highest BCUT2D eigenvalue weighted by atomic mass is 32.1. The number of hydrogen-bond acceptors (Lipinski definition) is 6. The number of benzene rings is 1. The molecule has 0 fully saturated rings. The standard InChI is InChI=1S/C18H16N4OS/c19-10-15-9-18(21-13-20-15)22(11-14-5-2-1-3-6-14)12-16(23)17-7-4-8-24-17/h1-9,13,16,23H,11-12H2/t16-/m0/s1. The van der Waals surface area contributed by atoms with Gasteiger partial charge in [0.25, 0.3) is 0 Å². The number of hydrogen-bond donors (Lipinski definition) is 1. The second kappa shape index (κ2) is 7.68. The van der Waals surface area contributed by atoms with Crippen LogP contribution in [0.2, 0.25) is 0 Å². The van der Waals surface area contributed by atoms with Gasteiger partial charge < -0.3 is 10.0 Å². The van der Waals surface area contributed by atoms with Crippen LogP contribution >= 0.6 is 11.3 Å². The van der Waals surface area contributed by atoms with Crippen LogP contribution in [0.5, 0.6) is 0 Å². The number of thiophene rings is 1. The molecule has 2 heterocycles. The van der Waals surface area contributed by atoms with Gasteiger partial charge in [0.2, 0.25) is 0 Å². The molecule has 0 bridgehead atoms. The van der Waals surface area contributed by atoms with Crippen molar-refractivity contribution in [2.75, 3.05) is 11.4 Å². The maximum Gasteiger partial charge on any atom is 0.145 e. The van der Waals surface area contributed by atoms with E-state index in [9.17, 15) is 5.11 Å². The van der Waals surface area contributed by atoms with E-state index in [0.29, 0.717) is 24.6 Å². The highest BCUT2D eigenvalue weighted by Crippen LogP contribution is 2.23. The predicted octanol–water partition coefficient (Wildman–Crippen LogP) is 3.15. The highest BCUT2D eigenvalue weighted by Gasteiger charge is 2.17. The maximum atomic E-state index is 10.5. The molecule has 0 saturated heterocycles. The number of aliphatic hydroxyl groups is 1. The molecule has 0 unspecified atom stereocenters. The van der Waals surface area contributed by atoms with Gasteiger partial charge >= 0.3 is 0 Å². The van der Waals surface area contributed by atoms with E-state index in [4.69, 9.17) is 5.26 Å². The molecule has 3 rings (SSSR count). The summed E-state index contributed by atoms with van der Waals surface area (Å²) in [5, 5.41) is 21.5. The fraction of sp³-hybridized carbons (Fsp3) is 0.167. The van der Waals surface area contributed by atoms with Crippen molar-refractivity contribution in [1.82, 2.24) is 9.97 Å². The Morgan fingerprint density at radius 2 is 2.00 bits per heavy atom. The zero-order valence-corrected chi connectivity index (χ0v) is 13.7. The Kier molecular flexibility index (Phi) is 5.16. The second-order valence-electron chi connectivity index (χ2n) is 5.27. The van der Waals surface area contributed by atoms with Crippen molar-refractivity contribution in [2.45, 2.75) is 12.6 Å². The molecule has 1 N–H and O–H groups in total. The van der Waals surface area contributed by atoms with Crippen molar-refractivity contribution < 1.29 is 5.11 Å². The monoisotopic (exact) mass is 336 g/mol. The van der Waals surface area contributed by atoms with Crippen LogP contribution in [0.3, 0.4) is 0 Å². The van der Waals surface area contributed by atoms with Crippen molar-refractivity contribution in [3.05, 3.63) is 76.4 Å². The van der Waals surface area contributed by atoms with E-state index in [2.05, 4.69) is 9.97 Å². The Morgan fingerprint density at radius 1 is 1.17 bits per heavy atom. The summed E-state index contributed by atoms with van der Waals surface area (Å²) in [7, 11) is 0. The van der Waals surface area contributed by atoms with Gasteiger partial charge in [-0.2, -0.15) is 5.26 Å². The molecule has 1 atom stereocenters. The Labute approximate surface area is 144 Å². The number of nitrogens with zero attached hydrogens (tertiary/aromatic N) is 4. The van der Waals surface area contributed by atoms with Gasteiger partial charge in [-0.15, -0.1) is 11.3 Å². The highest BCUT2D eigenvalue weighted by molar-refractivity contribution is 7.10. The lowest BCUT2D eigenvalue weighted by molar-refractivity contribution is 0.186. The van der Waals surface area contributed by atoms with Crippen LogP contribution in [-0.4, -0.2) is 21.6 Å². The summed E-state index contributed by atoms with van der Waals surface area (Å²) in [6.45, 7) is 0.975. The molecule has 0 radical (unpaired) electrons. The minimum Gasteiger partial charge on any atom is -0.386 e. The van der Waals surface area contributed by atoms with E-state index >= 15 is 0 Å². The fourth-order valence-electron chi connectivity index (χ4n) is 2.40. The lowest BCUT2D eigenvalue weighted by Crippen LogP contribution is -2.29. The molecule has 0 aliphatic rings. The number of aromatic nitrogens is 2. The summed E-state index contributed by atoms with van der Waals surface area (Å²) in [4.78, 5) is 11.1. The van der Waals surface area contributed by atoms with Gasteiger partial charge in [0, 0.05) is 17.5 Å². The van der Waals surface area contributed by atoms with Gasteiger partial charge in [-0.25, -0.2) is 9.97 Å². The molecule has 120 valence electrons. The van der Waals surface area contributed by atoms with Gasteiger partial charge in [-0.05, 0) is 17.0 Å². The zero-order chi connectivity index (χ0) is 16.8. The van der Waals surface area contributed by atoms with Crippen molar-refractivity contribution in [2.24, 2.45) is 0 Å². The molecule has 0 spiro atoms. The Morgan fingerprint density at radius 3 is 2.71 bits per heavy atom. The summed E-state index contributed by atoms with van der Waals surface area (Å²) in [6.07, 6.45) is 0.762. The molecule has 0 saturated carbocycles. The minimum absolute atomic E-state index is 0.309. The van der Waals surface area contributed by atoms with Crippen molar-refractivity contribution in [3.8, 4) is 6.07 Å². The number of anilines is 1. The Hall–Kier alpha value is -2.75. The lowest BCUT2D eigenvalue weighted by atomic mass is 10.2. The molecule has 24 heavy (non-hydrogen) atoms. The average molecular weight is 336 g/mol. The van der Waals surface area contributed by atoms with Gasteiger partial charge in [0.05, 0.1) is 6.54 Å². The molecular weight excluding hydrogens is 320 g/mol. The topological polar surface area (TPSA) is 73.0 Å². The molecule has 2 aromatic heterocycles. The van der Waals surface area contributed by atoms with E-state index in [1.807, 2.05) is 58.8 Å². The molecule has 0 amide bonds. The van der Waals surface area contributed by atoms with Crippen LogP contribution < -0.4 is 4.90 Å². The first-order chi connectivity index (χ1) is 11.8. The molecular formula is C18H16N4OS. The average Bonchev–Trinajstić information content (AvgIpc) is 3.17. The minimum atomic E-state index is -0.616. The summed E-state index contributed by atoms with van der Waals surface area (Å²) < 4.78 is 0. The molecule has 5 nitrogen and oxygen atoms in total. The number of aliphatic hydroxyl groups excluding tert-OH is 1. The molecule has 1 aromatic carbocycles. The third-order valence-electron chi connectivity index (χ3n) is 3.57. The quantitative estimate of drug-likeness (QED) is 0.748. The third-order valence-corrected chi connectivity index (χ3v) is 4.55. The molecule has 3 aromatic rings. The van der Waals surface area contributed by atoms with Crippen LogP contribution in [0.25, 0.3) is 0 Å². The Bertz CT molecular complexity index is 815. The number of nitriles is 1. The van der Waals surface area contributed by atoms with Crippen molar-refractivity contribution in [3.63, 3.8) is 0 Å².